The van der Waals surface area contributed by atoms with Crippen molar-refractivity contribution in [3.63, 3.8) is 0 Å². The lowest BCUT2D eigenvalue weighted by Crippen LogP contribution is -1.97. The van der Waals surface area contributed by atoms with Gasteiger partial charge in [0.05, 0.1) is 18.0 Å². The fourth-order valence-corrected chi connectivity index (χ4v) is 3.74. The number of fused-ring (bicyclic) bond motifs is 1. The molecule has 1 atom stereocenters. The summed E-state index contributed by atoms with van der Waals surface area (Å²) in [5.41, 5.74) is 3.99. The maximum absolute atomic E-state index is 9.79. The van der Waals surface area contributed by atoms with E-state index in [9.17, 15) is 5.11 Å². The third kappa shape index (κ3) is 3.03. The molecule has 0 saturated heterocycles. The second kappa shape index (κ2) is 6.81. The zero-order chi connectivity index (χ0) is 16.4. The van der Waals surface area contributed by atoms with E-state index in [1.54, 1.807) is 15.9 Å². The number of aliphatic hydroxyl groups is 1. The summed E-state index contributed by atoms with van der Waals surface area (Å²) >= 11 is 1.61. The summed E-state index contributed by atoms with van der Waals surface area (Å²) in [5.74, 6) is 0.560. The number of aryl methyl sites for hydroxylation is 1. The minimum absolute atomic E-state index is 0.0566. The lowest BCUT2D eigenvalue weighted by molar-refractivity contribution is 0.275. The Bertz CT molecular complexity index is 789. The Morgan fingerprint density at radius 1 is 1.22 bits per heavy atom. The maximum atomic E-state index is 9.79. The lowest BCUT2D eigenvalue weighted by Gasteiger charge is -2.09. The summed E-state index contributed by atoms with van der Waals surface area (Å²) in [7, 11) is 0. The van der Waals surface area contributed by atoms with Gasteiger partial charge in [-0.15, -0.1) is 0 Å². The van der Waals surface area contributed by atoms with Crippen molar-refractivity contribution in [1.29, 1.82) is 0 Å². The molecule has 2 aromatic heterocycles. The quantitative estimate of drug-likeness (QED) is 0.728. The van der Waals surface area contributed by atoms with Gasteiger partial charge in [0, 0.05) is 12.0 Å². The Morgan fingerprint density at radius 2 is 1.96 bits per heavy atom. The van der Waals surface area contributed by atoms with Gasteiger partial charge in [-0.05, 0) is 24.3 Å². The highest BCUT2D eigenvalue weighted by Crippen LogP contribution is 2.29. The van der Waals surface area contributed by atoms with Crippen LogP contribution in [-0.4, -0.2) is 19.7 Å². The molecular formula is C18H23N3OS. The second-order valence-corrected chi connectivity index (χ2v) is 6.98. The van der Waals surface area contributed by atoms with Gasteiger partial charge in [0.25, 0.3) is 0 Å². The molecule has 122 valence electrons. The van der Waals surface area contributed by atoms with Crippen LogP contribution in [0.3, 0.4) is 0 Å². The molecule has 23 heavy (non-hydrogen) atoms. The van der Waals surface area contributed by atoms with Gasteiger partial charge >= 0.3 is 0 Å². The van der Waals surface area contributed by atoms with Gasteiger partial charge in [0.1, 0.15) is 5.01 Å². The van der Waals surface area contributed by atoms with E-state index in [0.29, 0.717) is 5.92 Å². The van der Waals surface area contributed by atoms with Crippen molar-refractivity contribution >= 4 is 16.3 Å². The van der Waals surface area contributed by atoms with Crippen LogP contribution in [0.1, 0.15) is 55.8 Å². The molecule has 1 aromatic carbocycles. The Balaban J connectivity index is 2.00. The Labute approximate surface area is 140 Å². The van der Waals surface area contributed by atoms with Crippen molar-refractivity contribution in [3.8, 4) is 11.3 Å². The topological polar surface area (TPSA) is 50.4 Å². The summed E-state index contributed by atoms with van der Waals surface area (Å²) < 4.78 is 1.80. The van der Waals surface area contributed by atoms with Gasteiger partial charge in [0.15, 0.2) is 0 Å². The molecule has 5 heteroatoms. The molecule has 0 fully saturated rings. The Hall–Kier alpha value is -1.72. The first kappa shape index (κ1) is 16.1. The minimum atomic E-state index is -0.0566. The Kier molecular flexibility index (Phi) is 4.78. The van der Waals surface area contributed by atoms with Crippen LogP contribution in [0.5, 0.6) is 0 Å². The van der Waals surface area contributed by atoms with Gasteiger partial charge in [-0.1, -0.05) is 56.4 Å². The molecule has 0 spiro atoms. The number of imidazole rings is 1. The molecule has 3 rings (SSSR count). The fraction of sp³-hybridized carbons (Fsp3) is 0.444. The standard InChI is InChI=1S/C18H23N3OS/c1-4-6-16-20-21-15(11-22)17(19-18(21)23-16)14-9-7-13(8-10-14)12(3)5-2/h7-10,12,22H,4-6,11H2,1-3H3. The molecule has 0 saturated carbocycles. The number of nitrogens with zero attached hydrogens (tertiary/aromatic N) is 3. The zero-order valence-electron chi connectivity index (χ0n) is 13.9. The van der Waals surface area contributed by atoms with E-state index in [1.165, 1.54) is 5.56 Å². The van der Waals surface area contributed by atoms with Crippen molar-refractivity contribution in [2.24, 2.45) is 0 Å². The van der Waals surface area contributed by atoms with Crippen molar-refractivity contribution in [2.45, 2.75) is 52.6 Å². The number of hydrogen-bond acceptors (Lipinski definition) is 4. The molecule has 2 heterocycles. The zero-order valence-corrected chi connectivity index (χ0v) is 14.7. The first-order valence-electron chi connectivity index (χ1n) is 8.26. The van der Waals surface area contributed by atoms with E-state index >= 15 is 0 Å². The summed E-state index contributed by atoms with van der Waals surface area (Å²) in [6, 6.07) is 8.52. The van der Waals surface area contributed by atoms with E-state index in [1.807, 2.05) is 0 Å². The SMILES string of the molecule is CCCc1nn2c(CO)c(-c3ccc(C(C)CC)cc3)nc2s1. The van der Waals surface area contributed by atoms with Gasteiger partial charge in [-0.3, -0.25) is 0 Å². The number of hydrogen-bond donors (Lipinski definition) is 1. The number of aliphatic hydroxyl groups excluding tert-OH is 1. The molecule has 0 aliphatic rings. The van der Waals surface area contributed by atoms with Crippen molar-refractivity contribution < 1.29 is 5.11 Å². The van der Waals surface area contributed by atoms with Crippen LogP contribution < -0.4 is 0 Å². The van der Waals surface area contributed by atoms with Gasteiger partial charge in [-0.2, -0.15) is 5.10 Å². The van der Waals surface area contributed by atoms with Crippen LogP contribution in [0.2, 0.25) is 0 Å². The van der Waals surface area contributed by atoms with Crippen LogP contribution in [0.25, 0.3) is 16.2 Å². The molecule has 1 unspecified atom stereocenters. The normalized spacial score (nSPS) is 12.9. The average Bonchev–Trinajstić information content (AvgIpc) is 3.11. The molecule has 0 bridgehead atoms. The van der Waals surface area contributed by atoms with E-state index in [0.717, 1.165) is 46.2 Å². The first-order valence-corrected chi connectivity index (χ1v) is 9.08. The van der Waals surface area contributed by atoms with Crippen LogP contribution in [0.4, 0.5) is 0 Å². The second-order valence-electron chi connectivity index (χ2n) is 5.94. The van der Waals surface area contributed by atoms with E-state index in [4.69, 9.17) is 4.98 Å². The third-order valence-corrected chi connectivity index (χ3v) is 5.29. The van der Waals surface area contributed by atoms with Crippen molar-refractivity contribution in [3.05, 3.63) is 40.5 Å². The molecule has 4 nitrogen and oxygen atoms in total. The minimum Gasteiger partial charge on any atom is -0.390 e. The summed E-state index contributed by atoms with van der Waals surface area (Å²) in [5, 5.41) is 15.5. The van der Waals surface area contributed by atoms with Gasteiger partial charge in [-0.25, -0.2) is 9.50 Å². The van der Waals surface area contributed by atoms with Crippen molar-refractivity contribution in [2.75, 3.05) is 0 Å². The smallest absolute Gasteiger partial charge is 0.213 e. The third-order valence-electron chi connectivity index (χ3n) is 4.32. The maximum Gasteiger partial charge on any atom is 0.213 e. The number of aromatic nitrogens is 3. The van der Waals surface area contributed by atoms with E-state index in [-0.39, 0.29) is 6.61 Å². The average molecular weight is 329 g/mol. The predicted octanol–water partition coefficient (Wildman–Crippen LogP) is 4.42. The summed E-state index contributed by atoms with van der Waals surface area (Å²) in [4.78, 5) is 5.57. The molecule has 1 N–H and O–H groups in total. The molecule has 0 amide bonds. The van der Waals surface area contributed by atoms with Crippen LogP contribution in [0.15, 0.2) is 24.3 Å². The largest absolute Gasteiger partial charge is 0.390 e. The molecule has 0 radical (unpaired) electrons. The summed E-state index contributed by atoms with van der Waals surface area (Å²) in [6.45, 7) is 6.52. The van der Waals surface area contributed by atoms with Crippen molar-refractivity contribution in [1.82, 2.24) is 14.6 Å². The number of benzene rings is 1. The monoisotopic (exact) mass is 329 g/mol. The fourth-order valence-electron chi connectivity index (χ4n) is 2.72. The van der Waals surface area contributed by atoms with Crippen LogP contribution >= 0.6 is 11.3 Å². The molecule has 0 aliphatic carbocycles. The van der Waals surface area contributed by atoms with Gasteiger partial charge < -0.3 is 5.11 Å². The molecular weight excluding hydrogens is 306 g/mol. The highest BCUT2D eigenvalue weighted by atomic mass is 32.1. The Morgan fingerprint density at radius 3 is 2.57 bits per heavy atom. The van der Waals surface area contributed by atoms with Crippen LogP contribution in [0, 0.1) is 0 Å². The van der Waals surface area contributed by atoms with Gasteiger partial charge in [0.2, 0.25) is 4.96 Å². The summed E-state index contributed by atoms with van der Waals surface area (Å²) in [6.07, 6.45) is 3.15. The van der Waals surface area contributed by atoms with E-state index < -0.39 is 0 Å². The number of rotatable bonds is 6. The first-order chi connectivity index (χ1) is 11.2. The predicted molar refractivity (Wildman–Crippen MR) is 94.9 cm³/mol. The molecule has 3 aromatic rings. The van der Waals surface area contributed by atoms with Crippen LogP contribution in [-0.2, 0) is 13.0 Å². The van der Waals surface area contributed by atoms with E-state index in [2.05, 4.69) is 50.1 Å². The lowest BCUT2D eigenvalue weighted by atomic mass is 9.97. The molecule has 0 aliphatic heterocycles. The highest BCUT2D eigenvalue weighted by Gasteiger charge is 2.17. The highest BCUT2D eigenvalue weighted by molar-refractivity contribution is 7.16.